The van der Waals surface area contributed by atoms with Gasteiger partial charge in [0.05, 0.1) is 19.8 Å². The second-order valence-electron chi connectivity index (χ2n) is 9.97. The van der Waals surface area contributed by atoms with Gasteiger partial charge in [0.25, 0.3) is 5.91 Å². The highest BCUT2D eigenvalue weighted by atomic mass is 31.2. The van der Waals surface area contributed by atoms with Crippen LogP contribution in [0.15, 0.2) is 66.8 Å². The molecule has 0 radical (unpaired) electrons. The van der Waals surface area contributed by atoms with E-state index in [2.05, 4.69) is 11.9 Å². The third-order valence-corrected chi connectivity index (χ3v) is 7.87. The van der Waals surface area contributed by atoms with Gasteiger partial charge in [0.15, 0.2) is 5.78 Å². The first-order valence-corrected chi connectivity index (χ1v) is 16.1. The number of hydrogen-bond donors (Lipinski definition) is 3. The van der Waals surface area contributed by atoms with Crippen LogP contribution in [0.25, 0.3) is 5.57 Å². The fourth-order valence-corrected chi connectivity index (χ4v) is 5.13. The van der Waals surface area contributed by atoms with Gasteiger partial charge in [-0.1, -0.05) is 12.7 Å². The summed E-state index contributed by atoms with van der Waals surface area (Å²) in [7, 11) is -2.04. The summed E-state index contributed by atoms with van der Waals surface area (Å²) >= 11 is 0. The lowest BCUT2D eigenvalue weighted by molar-refractivity contribution is -0.131. The Hall–Kier alpha value is -4.06. The Kier molecular flexibility index (Phi) is 13.3. The second-order valence-corrected chi connectivity index (χ2v) is 12.1. The summed E-state index contributed by atoms with van der Waals surface area (Å²) in [4.78, 5) is 37.3. The number of aliphatic hydroxyl groups excluding tert-OH is 1. The van der Waals surface area contributed by atoms with Crippen LogP contribution in [0.2, 0.25) is 0 Å². The zero-order chi connectivity index (χ0) is 33.0. The molecule has 13 heteroatoms. The number of phenolic OH excluding ortho intramolecular Hbond substituents is 1. The number of ether oxygens (including phenoxy) is 3. The van der Waals surface area contributed by atoms with Crippen LogP contribution in [-0.4, -0.2) is 80.7 Å². The standard InChI is InChI=1S/C32H38NO11P/c1-5-24(36)9-7-22-13-16-42-30-18-25(37)10-11-27(30)31(22)28-17-23(8-12-29(28)43-21(2)35)32(38)33-14-6-15-41-20-26(19-34)44-45(4,39)40-3/h5,7-12,17-18,26,34,37H,1,6,13-16,19-20H2,2-4H3,(H,33,38)/b9-7-. The lowest BCUT2D eigenvalue weighted by Gasteiger charge is -2.19. The minimum absolute atomic E-state index is 0.00834. The van der Waals surface area contributed by atoms with Crippen LogP contribution in [0.3, 0.4) is 0 Å². The third-order valence-electron chi connectivity index (χ3n) is 6.53. The van der Waals surface area contributed by atoms with E-state index in [1.807, 2.05) is 0 Å². The molecule has 2 aromatic carbocycles. The Morgan fingerprint density at radius 2 is 1.96 bits per heavy atom. The molecule has 12 nitrogen and oxygen atoms in total. The minimum atomic E-state index is -3.29. The molecule has 0 aliphatic carbocycles. The molecule has 242 valence electrons. The van der Waals surface area contributed by atoms with Gasteiger partial charge in [0, 0.05) is 63.0 Å². The number of carbonyl (C=O) groups excluding carboxylic acids is 3. The van der Waals surface area contributed by atoms with Crippen LogP contribution < -0.4 is 14.8 Å². The summed E-state index contributed by atoms with van der Waals surface area (Å²) in [6.07, 6.45) is 4.16. The third kappa shape index (κ3) is 10.5. The van der Waals surface area contributed by atoms with Crippen molar-refractivity contribution in [1.29, 1.82) is 0 Å². The number of ketones is 1. The van der Waals surface area contributed by atoms with Crippen molar-refractivity contribution in [3.63, 3.8) is 0 Å². The number of nitrogens with one attached hydrogen (secondary N) is 1. The van der Waals surface area contributed by atoms with Crippen molar-refractivity contribution in [2.45, 2.75) is 25.9 Å². The van der Waals surface area contributed by atoms with E-state index in [0.717, 1.165) is 0 Å². The highest BCUT2D eigenvalue weighted by Crippen LogP contribution is 2.44. The van der Waals surface area contributed by atoms with Crippen molar-refractivity contribution in [3.05, 3.63) is 83.5 Å². The average molecular weight is 644 g/mol. The van der Waals surface area contributed by atoms with Crippen molar-refractivity contribution < 1.29 is 52.4 Å². The van der Waals surface area contributed by atoms with Crippen LogP contribution in [0.1, 0.15) is 41.3 Å². The predicted molar refractivity (Wildman–Crippen MR) is 167 cm³/mol. The number of hydrogen-bond acceptors (Lipinski definition) is 11. The van der Waals surface area contributed by atoms with Gasteiger partial charge in [-0.05, 0) is 60.1 Å². The largest absolute Gasteiger partial charge is 0.508 e. The fourth-order valence-electron chi connectivity index (χ4n) is 4.38. The SMILES string of the molecule is C=CC(=O)/C=C\C1=C(c2cc(C(=O)NCCCOCC(CO)OP(C)(=O)OC)ccc2OC(C)=O)c2ccc(O)cc2OCC1. The van der Waals surface area contributed by atoms with Gasteiger partial charge < -0.3 is 38.8 Å². The van der Waals surface area contributed by atoms with Crippen molar-refractivity contribution in [2.24, 2.45) is 0 Å². The van der Waals surface area contributed by atoms with Gasteiger partial charge in [-0.2, -0.15) is 0 Å². The Morgan fingerprint density at radius 1 is 1.18 bits per heavy atom. The molecule has 45 heavy (non-hydrogen) atoms. The van der Waals surface area contributed by atoms with Gasteiger partial charge in [0.1, 0.15) is 23.4 Å². The first kappa shape index (κ1) is 35.4. The number of amides is 1. The van der Waals surface area contributed by atoms with E-state index in [4.69, 9.17) is 23.3 Å². The summed E-state index contributed by atoms with van der Waals surface area (Å²) in [5.41, 5.74) is 2.48. The number of allylic oxidation sites excluding steroid dienone is 3. The molecule has 0 bridgehead atoms. The van der Waals surface area contributed by atoms with Crippen molar-refractivity contribution in [3.8, 4) is 17.2 Å². The van der Waals surface area contributed by atoms with Gasteiger partial charge in [-0.3, -0.25) is 18.9 Å². The van der Waals surface area contributed by atoms with E-state index in [-0.39, 0.29) is 49.2 Å². The van der Waals surface area contributed by atoms with Gasteiger partial charge in [-0.15, -0.1) is 0 Å². The molecular formula is C32H38NO11P. The van der Waals surface area contributed by atoms with Crippen molar-refractivity contribution in [1.82, 2.24) is 5.32 Å². The minimum Gasteiger partial charge on any atom is -0.508 e. The molecule has 3 N–H and O–H groups in total. The number of rotatable bonds is 16. The summed E-state index contributed by atoms with van der Waals surface area (Å²) in [5.74, 6) is -0.716. The summed E-state index contributed by atoms with van der Waals surface area (Å²) in [5, 5.41) is 22.3. The Balaban J connectivity index is 1.86. The number of phenols is 1. The highest BCUT2D eigenvalue weighted by Gasteiger charge is 2.25. The van der Waals surface area contributed by atoms with Crippen LogP contribution >= 0.6 is 7.60 Å². The van der Waals surface area contributed by atoms with E-state index in [9.17, 15) is 29.2 Å². The lowest BCUT2D eigenvalue weighted by atomic mass is 9.89. The summed E-state index contributed by atoms with van der Waals surface area (Å²) < 4.78 is 38.9. The second kappa shape index (κ2) is 16.9. The zero-order valence-corrected chi connectivity index (χ0v) is 26.3. The Bertz CT molecular complexity index is 1510. The number of aromatic hydroxyl groups is 1. The van der Waals surface area contributed by atoms with E-state index in [0.29, 0.717) is 40.9 Å². The number of aliphatic hydroxyl groups is 1. The molecular weight excluding hydrogens is 605 g/mol. The van der Waals surface area contributed by atoms with E-state index >= 15 is 0 Å². The molecule has 0 saturated heterocycles. The zero-order valence-electron chi connectivity index (χ0n) is 25.4. The lowest BCUT2D eigenvalue weighted by Crippen LogP contribution is -2.27. The maximum atomic E-state index is 13.2. The molecule has 2 unspecified atom stereocenters. The van der Waals surface area contributed by atoms with Crippen molar-refractivity contribution >= 4 is 30.8 Å². The number of esters is 1. The molecule has 1 heterocycles. The smallest absolute Gasteiger partial charge is 0.327 e. The topological polar surface area (TPSA) is 167 Å². The maximum Gasteiger partial charge on any atom is 0.327 e. The molecule has 0 fully saturated rings. The summed E-state index contributed by atoms with van der Waals surface area (Å²) in [6.45, 7) is 6.36. The summed E-state index contributed by atoms with van der Waals surface area (Å²) in [6, 6.07) is 9.24. The quantitative estimate of drug-likeness (QED) is 0.0789. The molecule has 2 aromatic rings. The van der Waals surface area contributed by atoms with Gasteiger partial charge in [-0.25, -0.2) is 0 Å². The van der Waals surface area contributed by atoms with Gasteiger partial charge >= 0.3 is 13.6 Å². The Labute approximate surface area is 261 Å². The maximum absolute atomic E-state index is 13.2. The van der Waals surface area contributed by atoms with Crippen LogP contribution in [0.5, 0.6) is 17.2 Å². The normalized spacial score (nSPS) is 14.9. The monoisotopic (exact) mass is 643 g/mol. The first-order chi connectivity index (χ1) is 21.5. The molecule has 1 aliphatic rings. The predicted octanol–water partition coefficient (Wildman–Crippen LogP) is 4.20. The molecule has 3 rings (SSSR count). The number of benzene rings is 2. The van der Waals surface area contributed by atoms with E-state index in [1.54, 1.807) is 18.2 Å². The fraction of sp³-hybridized carbons (Fsp3) is 0.344. The molecule has 2 atom stereocenters. The highest BCUT2D eigenvalue weighted by molar-refractivity contribution is 7.52. The number of carbonyl (C=O) groups is 3. The molecule has 1 aliphatic heterocycles. The number of fused-ring (bicyclic) bond motifs is 1. The molecule has 0 saturated carbocycles. The first-order valence-electron chi connectivity index (χ1n) is 14.1. The van der Waals surface area contributed by atoms with Gasteiger partial charge in [0.2, 0.25) is 0 Å². The molecule has 0 aromatic heterocycles. The van der Waals surface area contributed by atoms with Crippen molar-refractivity contribution in [2.75, 3.05) is 46.7 Å². The Morgan fingerprint density at radius 3 is 2.64 bits per heavy atom. The van der Waals surface area contributed by atoms with Crippen LogP contribution in [-0.2, 0) is 27.9 Å². The van der Waals surface area contributed by atoms with Crippen LogP contribution in [0, 0.1) is 0 Å². The molecule has 1 amide bonds. The van der Waals surface area contributed by atoms with E-state index in [1.165, 1.54) is 57.1 Å². The average Bonchev–Trinajstić information content (AvgIpc) is 3.19. The van der Waals surface area contributed by atoms with Crippen LogP contribution in [0.4, 0.5) is 0 Å². The van der Waals surface area contributed by atoms with E-state index < -0.39 is 32.2 Å². The molecule has 0 spiro atoms.